The Morgan fingerprint density at radius 1 is 1.10 bits per heavy atom. The molecule has 0 spiro atoms. The molecule has 2 fully saturated rings. The number of amides is 1. The standard InChI is InChI=1S/C22H26N4O3/c1-14-11-18-19(13-24-22(18)27)25-21(14)26-9-7-16(8-10-26)28-17-5-6-20(23-12-17)29-15-3-2-4-15/h5-6,11-12,15-16H,2-4,7-10,13H2,1H3,(H,24,27). The van der Waals surface area contributed by atoms with Crippen LogP contribution in [0.4, 0.5) is 5.82 Å². The zero-order valence-corrected chi connectivity index (χ0v) is 16.7. The molecule has 0 unspecified atom stereocenters. The molecule has 0 atom stereocenters. The number of hydrogen-bond donors (Lipinski definition) is 1. The lowest BCUT2D eigenvalue weighted by atomic mass is 9.96. The van der Waals surface area contributed by atoms with Crippen molar-refractivity contribution in [3.63, 3.8) is 0 Å². The summed E-state index contributed by atoms with van der Waals surface area (Å²) in [5.41, 5.74) is 2.61. The number of ether oxygens (including phenoxy) is 2. The van der Waals surface area contributed by atoms with Crippen LogP contribution in [-0.4, -0.2) is 41.2 Å². The molecule has 152 valence electrons. The van der Waals surface area contributed by atoms with Gasteiger partial charge in [0.05, 0.1) is 24.0 Å². The van der Waals surface area contributed by atoms with Gasteiger partial charge in [0.15, 0.2) is 0 Å². The highest BCUT2D eigenvalue weighted by atomic mass is 16.5. The molecule has 7 nitrogen and oxygen atoms in total. The van der Waals surface area contributed by atoms with Crippen LogP contribution in [0.5, 0.6) is 11.6 Å². The minimum atomic E-state index is -0.0213. The van der Waals surface area contributed by atoms with Crippen molar-refractivity contribution in [1.29, 1.82) is 0 Å². The fraction of sp³-hybridized carbons (Fsp3) is 0.500. The number of anilines is 1. The van der Waals surface area contributed by atoms with Crippen LogP contribution < -0.4 is 19.7 Å². The molecule has 1 amide bonds. The first-order valence-electron chi connectivity index (χ1n) is 10.5. The number of fused-ring (bicyclic) bond motifs is 1. The van der Waals surface area contributed by atoms with Crippen LogP contribution in [0, 0.1) is 6.92 Å². The van der Waals surface area contributed by atoms with Crippen molar-refractivity contribution in [2.45, 2.75) is 57.8 Å². The van der Waals surface area contributed by atoms with E-state index >= 15 is 0 Å². The summed E-state index contributed by atoms with van der Waals surface area (Å²) < 4.78 is 11.9. The molecule has 1 aliphatic carbocycles. The third-order valence-corrected chi connectivity index (χ3v) is 6.02. The van der Waals surface area contributed by atoms with E-state index < -0.39 is 0 Å². The van der Waals surface area contributed by atoms with Crippen molar-refractivity contribution < 1.29 is 14.3 Å². The predicted molar refractivity (Wildman–Crippen MR) is 109 cm³/mol. The molecule has 2 aromatic heterocycles. The highest BCUT2D eigenvalue weighted by Crippen LogP contribution is 2.28. The Balaban J connectivity index is 1.17. The molecule has 3 aliphatic rings. The SMILES string of the molecule is Cc1cc2c(nc1N1CCC(Oc3ccc(OC4CCC4)nc3)CC1)CNC2=O. The molecule has 1 N–H and O–H groups in total. The van der Waals surface area contributed by atoms with Crippen molar-refractivity contribution >= 4 is 11.7 Å². The van der Waals surface area contributed by atoms with Crippen molar-refractivity contribution in [1.82, 2.24) is 15.3 Å². The van der Waals surface area contributed by atoms with Crippen molar-refractivity contribution in [2.75, 3.05) is 18.0 Å². The number of hydrogen-bond acceptors (Lipinski definition) is 6. The average Bonchev–Trinajstić information content (AvgIpc) is 3.06. The molecule has 2 aromatic rings. The van der Waals surface area contributed by atoms with Crippen molar-refractivity contribution in [3.8, 4) is 11.6 Å². The summed E-state index contributed by atoms with van der Waals surface area (Å²) in [4.78, 5) is 23.3. The van der Waals surface area contributed by atoms with E-state index in [0.29, 0.717) is 24.1 Å². The molecule has 4 heterocycles. The molecule has 5 rings (SSSR count). The van der Waals surface area contributed by atoms with Crippen LogP contribution in [0.2, 0.25) is 0 Å². The molecule has 29 heavy (non-hydrogen) atoms. The fourth-order valence-corrected chi connectivity index (χ4v) is 4.09. The number of carbonyl (C=O) groups excluding carboxylic acids is 1. The van der Waals surface area contributed by atoms with Gasteiger partial charge < -0.3 is 19.7 Å². The molecule has 0 bridgehead atoms. The largest absolute Gasteiger partial charge is 0.489 e. The lowest BCUT2D eigenvalue weighted by molar-refractivity contribution is 0.0965. The average molecular weight is 394 g/mol. The van der Waals surface area contributed by atoms with E-state index in [0.717, 1.165) is 61.6 Å². The van der Waals surface area contributed by atoms with Crippen molar-refractivity contribution in [2.24, 2.45) is 0 Å². The first-order valence-corrected chi connectivity index (χ1v) is 10.5. The minimum Gasteiger partial charge on any atom is -0.489 e. The number of nitrogens with zero attached hydrogens (tertiary/aromatic N) is 3. The summed E-state index contributed by atoms with van der Waals surface area (Å²) in [6.45, 7) is 4.31. The number of aryl methyl sites for hydroxylation is 1. The van der Waals surface area contributed by atoms with Crippen LogP contribution in [0.1, 0.15) is 53.7 Å². The number of aromatic nitrogens is 2. The quantitative estimate of drug-likeness (QED) is 0.840. The Labute approximate surface area is 170 Å². The zero-order chi connectivity index (χ0) is 19.8. The monoisotopic (exact) mass is 394 g/mol. The van der Waals surface area contributed by atoms with Gasteiger partial charge in [0, 0.05) is 32.0 Å². The van der Waals surface area contributed by atoms with Gasteiger partial charge in [0.2, 0.25) is 5.88 Å². The van der Waals surface area contributed by atoms with Crippen LogP contribution >= 0.6 is 0 Å². The van der Waals surface area contributed by atoms with E-state index in [2.05, 4.69) is 15.2 Å². The first-order chi connectivity index (χ1) is 14.2. The summed E-state index contributed by atoms with van der Waals surface area (Å²) in [5, 5.41) is 2.84. The normalized spacial score (nSPS) is 19.5. The highest BCUT2D eigenvalue weighted by molar-refractivity contribution is 5.98. The van der Waals surface area contributed by atoms with E-state index in [4.69, 9.17) is 14.5 Å². The fourth-order valence-electron chi connectivity index (χ4n) is 4.09. The second-order valence-electron chi connectivity index (χ2n) is 8.11. The summed E-state index contributed by atoms with van der Waals surface area (Å²) in [5.74, 6) is 2.44. The Hall–Kier alpha value is -2.83. The summed E-state index contributed by atoms with van der Waals surface area (Å²) in [6.07, 6.45) is 7.63. The lowest BCUT2D eigenvalue weighted by Crippen LogP contribution is -2.39. The van der Waals surface area contributed by atoms with Gasteiger partial charge in [0.1, 0.15) is 23.8 Å². The van der Waals surface area contributed by atoms with E-state index in [1.165, 1.54) is 6.42 Å². The maximum absolute atomic E-state index is 11.8. The summed E-state index contributed by atoms with van der Waals surface area (Å²) in [6, 6.07) is 5.81. The molecular weight excluding hydrogens is 368 g/mol. The number of rotatable bonds is 5. The van der Waals surface area contributed by atoms with E-state index in [9.17, 15) is 4.79 Å². The van der Waals surface area contributed by atoms with Gasteiger partial charge in [-0.2, -0.15) is 0 Å². The van der Waals surface area contributed by atoms with E-state index in [-0.39, 0.29) is 12.0 Å². The molecule has 0 radical (unpaired) electrons. The van der Waals surface area contributed by atoms with Crippen LogP contribution in [-0.2, 0) is 6.54 Å². The third-order valence-electron chi connectivity index (χ3n) is 6.02. The van der Waals surface area contributed by atoms with Gasteiger partial charge in [-0.3, -0.25) is 4.79 Å². The van der Waals surface area contributed by atoms with Gasteiger partial charge in [-0.1, -0.05) is 0 Å². The minimum absolute atomic E-state index is 0.0213. The van der Waals surface area contributed by atoms with E-state index in [1.807, 2.05) is 25.1 Å². The predicted octanol–water partition coefficient (Wildman–Crippen LogP) is 3.01. The number of piperidine rings is 1. The van der Waals surface area contributed by atoms with Crippen LogP contribution in [0.25, 0.3) is 0 Å². The topological polar surface area (TPSA) is 76.6 Å². The lowest BCUT2D eigenvalue weighted by Gasteiger charge is -2.34. The van der Waals surface area contributed by atoms with Crippen molar-refractivity contribution in [3.05, 3.63) is 41.2 Å². The second kappa shape index (κ2) is 7.54. The molecule has 2 aliphatic heterocycles. The first kappa shape index (κ1) is 18.2. The maximum atomic E-state index is 11.8. The zero-order valence-electron chi connectivity index (χ0n) is 16.7. The molecule has 1 saturated carbocycles. The third kappa shape index (κ3) is 3.73. The Bertz CT molecular complexity index is 903. The maximum Gasteiger partial charge on any atom is 0.253 e. The van der Waals surface area contributed by atoms with Crippen LogP contribution in [0.3, 0.4) is 0 Å². The summed E-state index contributed by atoms with van der Waals surface area (Å²) >= 11 is 0. The van der Waals surface area contributed by atoms with Gasteiger partial charge >= 0.3 is 0 Å². The number of carbonyl (C=O) groups is 1. The van der Waals surface area contributed by atoms with Gasteiger partial charge in [0.25, 0.3) is 5.91 Å². The Kier molecular flexibility index (Phi) is 4.73. The molecular formula is C22H26N4O3. The number of nitrogens with one attached hydrogen (secondary N) is 1. The molecule has 1 saturated heterocycles. The van der Waals surface area contributed by atoms with Crippen LogP contribution in [0.15, 0.2) is 24.4 Å². The van der Waals surface area contributed by atoms with E-state index in [1.54, 1.807) is 6.20 Å². The highest BCUT2D eigenvalue weighted by Gasteiger charge is 2.27. The van der Waals surface area contributed by atoms with Gasteiger partial charge in [-0.25, -0.2) is 9.97 Å². The number of pyridine rings is 2. The molecule has 7 heteroatoms. The summed E-state index contributed by atoms with van der Waals surface area (Å²) in [7, 11) is 0. The second-order valence-corrected chi connectivity index (χ2v) is 8.11. The smallest absolute Gasteiger partial charge is 0.253 e. The Morgan fingerprint density at radius 3 is 2.59 bits per heavy atom. The van der Waals surface area contributed by atoms with Gasteiger partial charge in [-0.15, -0.1) is 0 Å². The van der Waals surface area contributed by atoms with Gasteiger partial charge in [-0.05, 0) is 43.9 Å². The molecule has 0 aromatic carbocycles. The Morgan fingerprint density at radius 2 is 1.90 bits per heavy atom.